The Hall–Kier alpha value is -2.70. The van der Waals surface area contributed by atoms with Crippen molar-refractivity contribution >= 4 is 11.6 Å². The second kappa shape index (κ2) is 9.41. The number of rotatable bonds is 5. The van der Waals surface area contributed by atoms with Crippen molar-refractivity contribution in [3.05, 3.63) is 59.7 Å². The molecule has 1 saturated heterocycles. The molecule has 1 fully saturated rings. The highest BCUT2D eigenvalue weighted by Crippen LogP contribution is 2.31. The number of alkyl halides is 3. The van der Waals surface area contributed by atoms with E-state index in [0.717, 1.165) is 48.6 Å². The van der Waals surface area contributed by atoms with E-state index >= 15 is 0 Å². The van der Waals surface area contributed by atoms with Gasteiger partial charge in [0.25, 0.3) is 0 Å². The van der Waals surface area contributed by atoms with Crippen LogP contribution in [-0.4, -0.2) is 44.1 Å². The van der Waals surface area contributed by atoms with Crippen LogP contribution in [0, 0.1) is 0 Å². The van der Waals surface area contributed by atoms with Crippen molar-refractivity contribution in [3.63, 3.8) is 0 Å². The van der Waals surface area contributed by atoms with Gasteiger partial charge in [0.15, 0.2) is 0 Å². The van der Waals surface area contributed by atoms with Gasteiger partial charge in [0.2, 0.25) is 5.91 Å². The van der Waals surface area contributed by atoms with Crippen LogP contribution in [0.4, 0.5) is 18.9 Å². The maximum Gasteiger partial charge on any atom is 0.416 e. The third kappa shape index (κ3) is 5.46. The van der Waals surface area contributed by atoms with Gasteiger partial charge in [-0.1, -0.05) is 19.1 Å². The van der Waals surface area contributed by atoms with Crippen LogP contribution >= 0.6 is 0 Å². The fourth-order valence-electron chi connectivity index (χ4n) is 3.73. The molecule has 1 heterocycles. The van der Waals surface area contributed by atoms with Crippen molar-refractivity contribution in [1.29, 1.82) is 0 Å². The fraction of sp³-hybridized carbons (Fsp3) is 0.435. The molecule has 1 amide bonds. The molecule has 4 nitrogen and oxygen atoms in total. The number of nitrogens with zero attached hydrogens (tertiary/aromatic N) is 2. The predicted octanol–water partition coefficient (Wildman–Crippen LogP) is 4.95. The molecule has 0 N–H and O–H groups in total. The number of ether oxygens (including phenoxy) is 1. The Labute approximate surface area is 175 Å². The second-order valence-corrected chi connectivity index (χ2v) is 7.64. The molecule has 3 rings (SSSR count). The van der Waals surface area contributed by atoms with Crippen molar-refractivity contribution in [3.8, 4) is 5.75 Å². The van der Waals surface area contributed by atoms with Crippen LogP contribution in [0.1, 0.15) is 36.8 Å². The molecule has 2 aromatic rings. The summed E-state index contributed by atoms with van der Waals surface area (Å²) < 4.78 is 43.4. The summed E-state index contributed by atoms with van der Waals surface area (Å²) in [5.74, 6) is 0.710. The zero-order chi connectivity index (χ0) is 21.7. The van der Waals surface area contributed by atoms with Crippen molar-refractivity contribution in [2.24, 2.45) is 0 Å². The number of benzene rings is 2. The van der Waals surface area contributed by atoms with Gasteiger partial charge in [-0.25, -0.2) is 0 Å². The number of amides is 1. The Kier molecular flexibility index (Phi) is 6.90. The lowest BCUT2D eigenvalue weighted by atomic mass is 9.96. The monoisotopic (exact) mass is 420 g/mol. The Bertz CT molecular complexity index is 835. The van der Waals surface area contributed by atoms with Crippen molar-refractivity contribution in [2.45, 2.75) is 31.9 Å². The lowest BCUT2D eigenvalue weighted by Gasteiger charge is -2.24. The fourth-order valence-corrected chi connectivity index (χ4v) is 3.73. The molecule has 0 bridgehead atoms. The van der Waals surface area contributed by atoms with Crippen LogP contribution < -0.4 is 9.64 Å². The predicted molar refractivity (Wildman–Crippen MR) is 111 cm³/mol. The van der Waals surface area contributed by atoms with Gasteiger partial charge in [-0.05, 0) is 54.3 Å². The van der Waals surface area contributed by atoms with E-state index in [4.69, 9.17) is 4.74 Å². The first kappa shape index (κ1) is 22.0. The second-order valence-electron chi connectivity index (χ2n) is 7.64. The summed E-state index contributed by atoms with van der Waals surface area (Å²) in [7, 11) is 1.64. The molecule has 1 atom stereocenters. The van der Waals surface area contributed by atoms with Crippen molar-refractivity contribution < 1.29 is 22.7 Å². The maximum absolute atomic E-state index is 12.8. The molecule has 162 valence electrons. The summed E-state index contributed by atoms with van der Waals surface area (Å²) in [4.78, 5) is 16.9. The summed E-state index contributed by atoms with van der Waals surface area (Å²) in [6.45, 7) is 4.80. The summed E-state index contributed by atoms with van der Waals surface area (Å²) >= 11 is 0. The summed E-state index contributed by atoms with van der Waals surface area (Å²) in [5.41, 5.74) is 1.17. The van der Waals surface area contributed by atoms with Crippen molar-refractivity contribution in [2.75, 3.05) is 38.2 Å². The van der Waals surface area contributed by atoms with Gasteiger partial charge in [-0.15, -0.1) is 0 Å². The van der Waals surface area contributed by atoms with E-state index in [1.807, 2.05) is 36.1 Å². The quantitative estimate of drug-likeness (QED) is 0.687. The molecular formula is C23H27F3N2O2. The molecule has 0 aliphatic carbocycles. The van der Waals surface area contributed by atoms with E-state index in [2.05, 4.69) is 4.90 Å². The SMILES string of the molecule is COc1ccc(N2CCCN(C(=O)CC(C)c3ccc(C(F)(F)F)cc3)CC2)cc1. The highest BCUT2D eigenvalue weighted by atomic mass is 19.4. The first-order valence-electron chi connectivity index (χ1n) is 10.1. The lowest BCUT2D eigenvalue weighted by Crippen LogP contribution is -2.35. The molecule has 7 heteroatoms. The topological polar surface area (TPSA) is 32.8 Å². The van der Waals surface area contributed by atoms with Crippen LogP contribution in [0.15, 0.2) is 48.5 Å². The van der Waals surface area contributed by atoms with Gasteiger partial charge < -0.3 is 14.5 Å². The average Bonchev–Trinajstić information content (AvgIpc) is 2.99. The summed E-state index contributed by atoms with van der Waals surface area (Å²) in [6.07, 6.45) is -3.19. The Morgan fingerprint density at radius 3 is 2.27 bits per heavy atom. The Balaban J connectivity index is 1.56. The number of hydrogen-bond donors (Lipinski definition) is 0. The third-order valence-electron chi connectivity index (χ3n) is 5.57. The van der Waals surface area contributed by atoms with E-state index in [-0.39, 0.29) is 18.2 Å². The molecule has 1 aliphatic heterocycles. The highest BCUT2D eigenvalue weighted by molar-refractivity contribution is 5.77. The van der Waals surface area contributed by atoms with Gasteiger partial charge in [0, 0.05) is 38.3 Å². The highest BCUT2D eigenvalue weighted by Gasteiger charge is 2.30. The zero-order valence-corrected chi connectivity index (χ0v) is 17.3. The summed E-state index contributed by atoms with van der Waals surface area (Å²) in [5, 5.41) is 0. The minimum atomic E-state index is -4.35. The summed E-state index contributed by atoms with van der Waals surface area (Å²) in [6, 6.07) is 13.0. The molecule has 0 saturated carbocycles. The van der Waals surface area contributed by atoms with Gasteiger partial charge in [0.1, 0.15) is 5.75 Å². The molecule has 1 unspecified atom stereocenters. The van der Waals surface area contributed by atoms with E-state index in [0.29, 0.717) is 13.1 Å². The zero-order valence-electron chi connectivity index (χ0n) is 17.3. The van der Waals surface area contributed by atoms with E-state index in [1.165, 1.54) is 12.1 Å². The lowest BCUT2D eigenvalue weighted by molar-refractivity contribution is -0.137. The van der Waals surface area contributed by atoms with Crippen LogP contribution in [0.3, 0.4) is 0 Å². The number of carbonyl (C=O) groups excluding carboxylic acids is 1. The number of halogens is 3. The molecule has 0 aromatic heterocycles. The number of methoxy groups -OCH3 is 1. The van der Waals surface area contributed by atoms with Gasteiger partial charge in [-0.3, -0.25) is 4.79 Å². The van der Waals surface area contributed by atoms with Crippen LogP contribution in [0.25, 0.3) is 0 Å². The molecule has 0 spiro atoms. The Morgan fingerprint density at radius 2 is 1.67 bits per heavy atom. The number of carbonyl (C=O) groups is 1. The number of hydrogen-bond acceptors (Lipinski definition) is 3. The number of anilines is 1. The molecule has 2 aromatic carbocycles. The van der Waals surface area contributed by atoms with Gasteiger partial charge in [-0.2, -0.15) is 13.2 Å². The smallest absolute Gasteiger partial charge is 0.416 e. The first-order valence-corrected chi connectivity index (χ1v) is 10.1. The average molecular weight is 420 g/mol. The minimum absolute atomic E-state index is 0.0407. The largest absolute Gasteiger partial charge is 0.497 e. The minimum Gasteiger partial charge on any atom is -0.497 e. The van der Waals surface area contributed by atoms with E-state index in [1.54, 1.807) is 7.11 Å². The van der Waals surface area contributed by atoms with Gasteiger partial charge in [0.05, 0.1) is 12.7 Å². The Morgan fingerprint density at radius 1 is 1.00 bits per heavy atom. The van der Waals surface area contributed by atoms with Crippen LogP contribution in [-0.2, 0) is 11.0 Å². The molecule has 30 heavy (non-hydrogen) atoms. The first-order chi connectivity index (χ1) is 14.3. The van der Waals surface area contributed by atoms with Crippen LogP contribution in [0.5, 0.6) is 5.75 Å². The third-order valence-corrected chi connectivity index (χ3v) is 5.57. The molecule has 0 radical (unpaired) electrons. The van der Waals surface area contributed by atoms with Gasteiger partial charge >= 0.3 is 6.18 Å². The van der Waals surface area contributed by atoms with E-state index < -0.39 is 11.7 Å². The van der Waals surface area contributed by atoms with E-state index in [9.17, 15) is 18.0 Å². The maximum atomic E-state index is 12.8. The molecular weight excluding hydrogens is 393 g/mol. The normalized spacial score (nSPS) is 16.2. The molecule has 1 aliphatic rings. The standard InChI is InChI=1S/C23H27F3N2O2/c1-17(18-4-6-19(7-5-18)23(24,25)26)16-22(29)28-13-3-12-27(14-15-28)20-8-10-21(30-2)11-9-20/h4-11,17H,3,12-16H2,1-2H3. The van der Waals surface area contributed by atoms with Crippen molar-refractivity contribution in [1.82, 2.24) is 4.90 Å². The van der Waals surface area contributed by atoms with Crippen LogP contribution in [0.2, 0.25) is 0 Å².